The molecule has 6 heteroatoms. The standard InChI is InChI=1S/C16H20N4O2/c1-3-11(2)19-15-6-7-17-16(20-15)18-9-12-4-5-13-14(8-12)22-10-21-13/h4-8,11H,3,9-10H2,1-2H3,(H2,17,18,19,20). The molecule has 2 aromatic rings. The van der Waals surface area contributed by atoms with Gasteiger partial charge in [-0.3, -0.25) is 0 Å². The molecule has 0 bridgehead atoms. The summed E-state index contributed by atoms with van der Waals surface area (Å²) >= 11 is 0. The van der Waals surface area contributed by atoms with Crippen molar-refractivity contribution in [2.75, 3.05) is 17.4 Å². The SMILES string of the molecule is CCC(C)Nc1ccnc(NCc2ccc3c(c2)OCO3)n1. The van der Waals surface area contributed by atoms with Gasteiger partial charge in [-0.15, -0.1) is 0 Å². The Morgan fingerprint density at radius 3 is 2.95 bits per heavy atom. The fourth-order valence-electron chi connectivity index (χ4n) is 2.11. The van der Waals surface area contributed by atoms with E-state index in [0.29, 0.717) is 25.3 Å². The molecule has 0 radical (unpaired) electrons. The van der Waals surface area contributed by atoms with E-state index in [-0.39, 0.29) is 0 Å². The van der Waals surface area contributed by atoms with Gasteiger partial charge in [0.05, 0.1) is 0 Å². The van der Waals surface area contributed by atoms with Crippen LogP contribution in [0.15, 0.2) is 30.5 Å². The van der Waals surface area contributed by atoms with E-state index >= 15 is 0 Å². The zero-order chi connectivity index (χ0) is 15.4. The average Bonchev–Trinajstić information content (AvgIpc) is 3.01. The number of hydrogen-bond acceptors (Lipinski definition) is 6. The predicted molar refractivity (Wildman–Crippen MR) is 85.3 cm³/mol. The van der Waals surface area contributed by atoms with Crippen LogP contribution in [0.4, 0.5) is 11.8 Å². The van der Waals surface area contributed by atoms with E-state index < -0.39 is 0 Å². The highest BCUT2D eigenvalue weighted by Crippen LogP contribution is 2.32. The Morgan fingerprint density at radius 1 is 1.23 bits per heavy atom. The Hall–Kier alpha value is -2.50. The Labute approximate surface area is 129 Å². The van der Waals surface area contributed by atoms with Gasteiger partial charge >= 0.3 is 0 Å². The van der Waals surface area contributed by atoms with Crippen LogP contribution in [0, 0.1) is 0 Å². The zero-order valence-electron chi connectivity index (χ0n) is 12.8. The van der Waals surface area contributed by atoms with Gasteiger partial charge in [-0.1, -0.05) is 13.0 Å². The quantitative estimate of drug-likeness (QED) is 0.854. The highest BCUT2D eigenvalue weighted by molar-refractivity contribution is 5.46. The van der Waals surface area contributed by atoms with Gasteiger partial charge in [0.25, 0.3) is 0 Å². The van der Waals surface area contributed by atoms with Gasteiger partial charge in [-0.25, -0.2) is 4.98 Å². The topological polar surface area (TPSA) is 68.3 Å². The molecule has 1 aliphatic rings. The molecule has 0 fully saturated rings. The molecule has 1 aliphatic heterocycles. The first-order valence-corrected chi connectivity index (χ1v) is 7.46. The van der Waals surface area contributed by atoms with Gasteiger partial charge in [-0.05, 0) is 37.1 Å². The highest BCUT2D eigenvalue weighted by atomic mass is 16.7. The summed E-state index contributed by atoms with van der Waals surface area (Å²) in [6.07, 6.45) is 2.80. The summed E-state index contributed by atoms with van der Waals surface area (Å²) in [5.74, 6) is 3.01. The fraction of sp³-hybridized carbons (Fsp3) is 0.375. The summed E-state index contributed by atoms with van der Waals surface area (Å²) in [7, 11) is 0. The fourth-order valence-corrected chi connectivity index (χ4v) is 2.11. The molecule has 2 N–H and O–H groups in total. The number of aromatic nitrogens is 2. The number of nitrogens with zero attached hydrogens (tertiary/aromatic N) is 2. The van der Waals surface area contributed by atoms with E-state index in [0.717, 1.165) is 29.3 Å². The van der Waals surface area contributed by atoms with Crippen molar-refractivity contribution in [1.29, 1.82) is 0 Å². The van der Waals surface area contributed by atoms with Crippen molar-refractivity contribution in [3.63, 3.8) is 0 Å². The first-order chi connectivity index (χ1) is 10.7. The van der Waals surface area contributed by atoms with Gasteiger partial charge in [0, 0.05) is 18.8 Å². The second-order valence-corrected chi connectivity index (χ2v) is 5.26. The van der Waals surface area contributed by atoms with Crippen LogP contribution >= 0.6 is 0 Å². The molecule has 0 spiro atoms. The summed E-state index contributed by atoms with van der Waals surface area (Å²) < 4.78 is 10.7. The molecule has 0 aliphatic carbocycles. The minimum atomic E-state index is 0.290. The number of benzene rings is 1. The number of hydrogen-bond donors (Lipinski definition) is 2. The minimum Gasteiger partial charge on any atom is -0.454 e. The van der Waals surface area contributed by atoms with E-state index in [1.807, 2.05) is 24.3 Å². The third-order valence-corrected chi connectivity index (χ3v) is 3.55. The molecule has 2 heterocycles. The maximum absolute atomic E-state index is 5.38. The van der Waals surface area contributed by atoms with Crippen LogP contribution in [0.2, 0.25) is 0 Å². The van der Waals surface area contributed by atoms with Crippen LogP contribution in [0.3, 0.4) is 0 Å². The lowest BCUT2D eigenvalue weighted by molar-refractivity contribution is 0.174. The lowest BCUT2D eigenvalue weighted by Gasteiger charge is -2.13. The third-order valence-electron chi connectivity index (χ3n) is 3.55. The van der Waals surface area contributed by atoms with Crippen LogP contribution in [-0.4, -0.2) is 22.8 Å². The van der Waals surface area contributed by atoms with E-state index in [1.54, 1.807) is 6.20 Å². The number of ether oxygens (including phenoxy) is 2. The molecule has 22 heavy (non-hydrogen) atoms. The maximum Gasteiger partial charge on any atom is 0.231 e. The van der Waals surface area contributed by atoms with Crippen molar-refractivity contribution in [2.45, 2.75) is 32.9 Å². The van der Waals surface area contributed by atoms with Crippen molar-refractivity contribution in [3.05, 3.63) is 36.0 Å². The Kier molecular flexibility index (Phi) is 4.27. The van der Waals surface area contributed by atoms with Crippen LogP contribution in [0.1, 0.15) is 25.8 Å². The second-order valence-electron chi connectivity index (χ2n) is 5.26. The predicted octanol–water partition coefficient (Wildman–Crippen LogP) is 3.03. The number of nitrogens with one attached hydrogen (secondary N) is 2. The van der Waals surface area contributed by atoms with Crippen LogP contribution in [0.25, 0.3) is 0 Å². The second kappa shape index (κ2) is 6.51. The van der Waals surface area contributed by atoms with Gasteiger partial charge in [0.2, 0.25) is 12.7 Å². The molecule has 6 nitrogen and oxygen atoms in total. The summed E-state index contributed by atoms with van der Waals surface area (Å²) in [4.78, 5) is 8.70. The lowest BCUT2D eigenvalue weighted by Crippen LogP contribution is -2.15. The highest BCUT2D eigenvalue weighted by Gasteiger charge is 2.13. The summed E-state index contributed by atoms with van der Waals surface area (Å²) in [5, 5.41) is 6.56. The van der Waals surface area contributed by atoms with E-state index in [2.05, 4.69) is 34.4 Å². The average molecular weight is 300 g/mol. The molecule has 3 rings (SSSR count). The van der Waals surface area contributed by atoms with Crippen molar-refractivity contribution in [1.82, 2.24) is 9.97 Å². The Morgan fingerprint density at radius 2 is 2.09 bits per heavy atom. The number of fused-ring (bicyclic) bond motifs is 1. The van der Waals surface area contributed by atoms with Crippen molar-refractivity contribution < 1.29 is 9.47 Å². The van der Waals surface area contributed by atoms with Crippen molar-refractivity contribution in [3.8, 4) is 11.5 Å². The normalized spacial score (nSPS) is 13.7. The molecule has 1 aromatic heterocycles. The molecule has 0 amide bonds. The summed E-state index contributed by atoms with van der Waals surface area (Å²) in [6.45, 7) is 5.18. The monoisotopic (exact) mass is 300 g/mol. The maximum atomic E-state index is 5.38. The van der Waals surface area contributed by atoms with E-state index in [4.69, 9.17) is 9.47 Å². The molecule has 1 aromatic carbocycles. The van der Waals surface area contributed by atoms with Gasteiger partial charge in [-0.2, -0.15) is 4.98 Å². The Balaban J connectivity index is 1.62. The molecule has 1 atom stereocenters. The molecular weight excluding hydrogens is 280 g/mol. The number of anilines is 2. The van der Waals surface area contributed by atoms with E-state index in [9.17, 15) is 0 Å². The first kappa shape index (κ1) is 14.4. The number of rotatable bonds is 6. The lowest BCUT2D eigenvalue weighted by atomic mass is 10.2. The van der Waals surface area contributed by atoms with Crippen molar-refractivity contribution in [2.24, 2.45) is 0 Å². The molecule has 0 saturated heterocycles. The van der Waals surface area contributed by atoms with Crippen LogP contribution in [0.5, 0.6) is 11.5 Å². The molecule has 1 unspecified atom stereocenters. The first-order valence-electron chi connectivity index (χ1n) is 7.46. The minimum absolute atomic E-state index is 0.290. The molecule has 116 valence electrons. The zero-order valence-corrected chi connectivity index (χ0v) is 12.8. The van der Waals surface area contributed by atoms with Gasteiger partial charge < -0.3 is 20.1 Å². The summed E-state index contributed by atoms with van der Waals surface area (Å²) in [6, 6.07) is 8.15. The van der Waals surface area contributed by atoms with Crippen LogP contribution in [-0.2, 0) is 6.54 Å². The van der Waals surface area contributed by atoms with Crippen molar-refractivity contribution >= 4 is 11.8 Å². The van der Waals surface area contributed by atoms with Gasteiger partial charge in [0.15, 0.2) is 11.5 Å². The molecular formula is C16H20N4O2. The van der Waals surface area contributed by atoms with Gasteiger partial charge in [0.1, 0.15) is 5.82 Å². The smallest absolute Gasteiger partial charge is 0.231 e. The van der Waals surface area contributed by atoms with E-state index in [1.165, 1.54) is 0 Å². The summed E-state index contributed by atoms with van der Waals surface area (Å²) in [5.41, 5.74) is 1.09. The largest absolute Gasteiger partial charge is 0.454 e. The molecule has 0 saturated carbocycles. The van der Waals surface area contributed by atoms with Crippen LogP contribution < -0.4 is 20.1 Å². The third kappa shape index (κ3) is 3.39. The Bertz CT molecular complexity index is 648.